The molecule has 0 amide bonds. The van der Waals surface area contributed by atoms with E-state index in [1.165, 1.54) is 0 Å². The van der Waals surface area contributed by atoms with Crippen molar-refractivity contribution in [1.29, 1.82) is 0 Å². The maximum atomic E-state index is 13.1. The number of aliphatic hydroxyl groups is 1. The molecule has 1 fully saturated rings. The van der Waals surface area contributed by atoms with Crippen LogP contribution in [0.15, 0.2) is 12.1 Å². The zero-order valence-electron chi connectivity index (χ0n) is 10.00. The SMILES string of the molecule is OCC1CCCC1NCc1cc(F)c(O)c(F)c1. The highest BCUT2D eigenvalue weighted by Crippen LogP contribution is 2.26. The molecule has 2 atom stereocenters. The molecule has 0 spiro atoms. The lowest BCUT2D eigenvalue weighted by atomic mass is 10.0. The van der Waals surface area contributed by atoms with Crippen LogP contribution >= 0.6 is 0 Å². The van der Waals surface area contributed by atoms with Crippen molar-refractivity contribution in [2.75, 3.05) is 6.61 Å². The van der Waals surface area contributed by atoms with Crippen molar-refractivity contribution in [3.8, 4) is 5.75 Å². The van der Waals surface area contributed by atoms with Gasteiger partial charge in [0.25, 0.3) is 0 Å². The van der Waals surface area contributed by atoms with Gasteiger partial charge in [-0.15, -0.1) is 0 Å². The first-order valence-electron chi connectivity index (χ1n) is 6.13. The van der Waals surface area contributed by atoms with Crippen LogP contribution < -0.4 is 5.32 Å². The lowest BCUT2D eigenvalue weighted by Crippen LogP contribution is -2.33. The normalized spacial score (nSPS) is 23.5. The fourth-order valence-corrected chi connectivity index (χ4v) is 2.49. The highest BCUT2D eigenvalue weighted by Gasteiger charge is 2.26. The summed E-state index contributed by atoms with van der Waals surface area (Å²) in [5, 5.41) is 21.4. The predicted octanol–water partition coefficient (Wildman–Crippen LogP) is 1.92. The third kappa shape index (κ3) is 2.79. The first-order valence-corrected chi connectivity index (χ1v) is 6.13. The minimum atomic E-state index is -0.947. The van der Waals surface area contributed by atoms with Gasteiger partial charge >= 0.3 is 0 Å². The third-order valence-electron chi connectivity index (χ3n) is 3.54. The number of rotatable bonds is 4. The van der Waals surface area contributed by atoms with Crippen LogP contribution in [0, 0.1) is 17.6 Å². The second kappa shape index (κ2) is 5.63. The van der Waals surface area contributed by atoms with Crippen molar-refractivity contribution >= 4 is 0 Å². The first kappa shape index (κ1) is 13.2. The molecule has 0 saturated heterocycles. The van der Waals surface area contributed by atoms with Gasteiger partial charge in [-0.05, 0) is 36.5 Å². The van der Waals surface area contributed by atoms with Crippen LogP contribution in [0.3, 0.4) is 0 Å². The molecule has 100 valence electrons. The van der Waals surface area contributed by atoms with E-state index in [0.29, 0.717) is 12.1 Å². The van der Waals surface area contributed by atoms with Crippen LogP contribution in [0.1, 0.15) is 24.8 Å². The van der Waals surface area contributed by atoms with Crippen molar-refractivity contribution in [2.24, 2.45) is 5.92 Å². The van der Waals surface area contributed by atoms with Gasteiger partial charge in [0.1, 0.15) is 0 Å². The molecule has 1 saturated carbocycles. The number of nitrogens with one attached hydrogen (secondary N) is 1. The fourth-order valence-electron chi connectivity index (χ4n) is 2.49. The molecule has 2 unspecified atom stereocenters. The Morgan fingerprint density at radius 1 is 1.22 bits per heavy atom. The zero-order chi connectivity index (χ0) is 13.1. The molecule has 1 aliphatic rings. The average Bonchev–Trinajstić information content (AvgIpc) is 2.80. The van der Waals surface area contributed by atoms with Crippen molar-refractivity contribution in [3.05, 3.63) is 29.3 Å². The Morgan fingerprint density at radius 2 is 1.89 bits per heavy atom. The van der Waals surface area contributed by atoms with Crippen LogP contribution in [0.5, 0.6) is 5.75 Å². The topological polar surface area (TPSA) is 52.5 Å². The van der Waals surface area contributed by atoms with E-state index in [2.05, 4.69) is 5.32 Å². The van der Waals surface area contributed by atoms with E-state index >= 15 is 0 Å². The number of halogens is 2. The lowest BCUT2D eigenvalue weighted by molar-refractivity contribution is 0.205. The Balaban J connectivity index is 1.98. The van der Waals surface area contributed by atoms with Crippen molar-refractivity contribution in [2.45, 2.75) is 31.8 Å². The molecule has 2 rings (SSSR count). The summed E-state index contributed by atoms with van der Waals surface area (Å²) in [5.74, 6) is -2.61. The number of aromatic hydroxyl groups is 1. The number of phenolic OH excluding ortho intramolecular Hbond substituents is 1. The second-order valence-corrected chi connectivity index (χ2v) is 4.77. The summed E-state index contributed by atoms with van der Waals surface area (Å²) in [4.78, 5) is 0. The maximum absolute atomic E-state index is 13.1. The summed E-state index contributed by atoms with van der Waals surface area (Å²) >= 11 is 0. The van der Waals surface area contributed by atoms with Crippen LogP contribution in [0.2, 0.25) is 0 Å². The zero-order valence-corrected chi connectivity index (χ0v) is 10.00. The summed E-state index contributed by atoms with van der Waals surface area (Å²) in [6.45, 7) is 0.464. The fraction of sp³-hybridized carbons (Fsp3) is 0.538. The molecule has 18 heavy (non-hydrogen) atoms. The van der Waals surface area contributed by atoms with E-state index in [1.54, 1.807) is 0 Å². The Kier molecular flexibility index (Phi) is 4.14. The van der Waals surface area contributed by atoms with Gasteiger partial charge in [0.2, 0.25) is 0 Å². The molecule has 1 aromatic carbocycles. The Labute approximate surface area is 104 Å². The number of phenols is 1. The van der Waals surface area contributed by atoms with Crippen molar-refractivity contribution in [1.82, 2.24) is 5.32 Å². The molecule has 0 bridgehead atoms. The molecule has 1 aromatic rings. The molecule has 0 aliphatic heterocycles. The second-order valence-electron chi connectivity index (χ2n) is 4.77. The van der Waals surface area contributed by atoms with Gasteiger partial charge in [0.05, 0.1) is 0 Å². The van der Waals surface area contributed by atoms with Gasteiger partial charge in [-0.25, -0.2) is 8.78 Å². The van der Waals surface area contributed by atoms with E-state index in [4.69, 9.17) is 10.2 Å². The van der Waals surface area contributed by atoms with Gasteiger partial charge in [0, 0.05) is 19.2 Å². The third-order valence-corrected chi connectivity index (χ3v) is 3.54. The maximum Gasteiger partial charge on any atom is 0.187 e. The van der Waals surface area contributed by atoms with E-state index in [0.717, 1.165) is 31.4 Å². The molecule has 3 N–H and O–H groups in total. The molecular weight excluding hydrogens is 240 g/mol. The van der Waals surface area contributed by atoms with Gasteiger partial charge in [0.15, 0.2) is 17.4 Å². The monoisotopic (exact) mass is 257 g/mol. The van der Waals surface area contributed by atoms with E-state index in [-0.39, 0.29) is 18.6 Å². The minimum absolute atomic E-state index is 0.135. The number of benzene rings is 1. The highest BCUT2D eigenvalue weighted by atomic mass is 19.1. The van der Waals surface area contributed by atoms with Gasteiger partial charge < -0.3 is 15.5 Å². The van der Waals surface area contributed by atoms with Crippen LogP contribution in [-0.2, 0) is 6.54 Å². The molecule has 0 aromatic heterocycles. The quantitative estimate of drug-likeness (QED) is 0.772. The largest absolute Gasteiger partial charge is 0.503 e. The number of hydrogen-bond acceptors (Lipinski definition) is 3. The number of aliphatic hydroxyl groups excluding tert-OH is 1. The minimum Gasteiger partial charge on any atom is -0.503 e. The van der Waals surface area contributed by atoms with Crippen LogP contribution in [-0.4, -0.2) is 22.9 Å². The first-order chi connectivity index (χ1) is 8.61. The molecular formula is C13H17F2NO2. The molecule has 0 radical (unpaired) electrons. The molecule has 3 nitrogen and oxygen atoms in total. The van der Waals surface area contributed by atoms with Gasteiger partial charge in [-0.3, -0.25) is 0 Å². The molecule has 5 heteroatoms. The van der Waals surface area contributed by atoms with Crippen LogP contribution in [0.4, 0.5) is 8.78 Å². The van der Waals surface area contributed by atoms with Crippen LogP contribution in [0.25, 0.3) is 0 Å². The predicted molar refractivity (Wildman–Crippen MR) is 63.1 cm³/mol. The Hall–Kier alpha value is -1.20. The summed E-state index contributed by atoms with van der Waals surface area (Å²) in [5.41, 5.74) is 0.450. The van der Waals surface area contributed by atoms with E-state index < -0.39 is 17.4 Å². The Bertz CT molecular complexity index is 402. The summed E-state index contributed by atoms with van der Waals surface area (Å²) in [7, 11) is 0. The Morgan fingerprint density at radius 3 is 2.50 bits per heavy atom. The molecule has 0 heterocycles. The summed E-state index contributed by atoms with van der Waals surface area (Å²) < 4.78 is 26.3. The summed E-state index contributed by atoms with van der Waals surface area (Å²) in [6.07, 6.45) is 3.00. The lowest BCUT2D eigenvalue weighted by Gasteiger charge is -2.19. The molecule has 1 aliphatic carbocycles. The average molecular weight is 257 g/mol. The smallest absolute Gasteiger partial charge is 0.187 e. The van der Waals surface area contributed by atoms with Crippen molar-refractivity contribution in [3.63, 3.8) is 0 Å². The van der Waals surface area contributed by atoms with Crippen molar-refractivity contribution < 1.29 is 19.0 Å². The number of hydrogen-bond donors (Lipinski definition) is 3. The highest BCUT2D eigenvalue weighted by molar-refractivity contribution is 5.30. The van der Waals surface area contributed by atoms with E-state index in [9.17, 15) is 8.78 Å². The standard InChI is InChI=1S/C13H17F2NO2/c14-10-4-8(5-11(15)13(10)18)6-16-12-3-1-2-9(12)7-17/h4-5,9,12,16-18H,1-3,6-7H2. The van der Waals surface area contributed by atoms with Gasteiger partial charge in [-0.1, -0.05) is 6.42 Å². The summed E-state index contributed by atoms with van der Waals surface area (Å²) in [6, 6.07) is 2.43. The van der Waals surface area contributed by atoms with E-state index in [1.807, 2.05) is 0 Å². The van der Waals surface area contributed by atoms with Gasteiger partial charge in [-0.2, -0.15) is 0 Å².